The minimum absolute atomic E-state index is 0.157. The molecule has 0 atom stereocenters. The van der Waals surface area contributed by atoms with Crippen molar-refractivity contribution < 1.29 is 19.0 Å². The Hall–Kier alpha value is -3.29. The summed E-state index contributed by atoms with van der Waals surface area (Å²) >= 11 is 1.62. The number of benzene rings is 2. The number of fused-ring (bicyclic) bond motifs is 1. The van der Waals surface area contributed by atoms with E-state index in [9.17, 15) is 4.79 Å². The quantitative estimate of drug-likeness (QED) is 0.360. The monoisotopic (exact) mass is 450 g/mol. The van der Waals surface area contributed by atoms with Crippen molar-refractivity contribution in [2.24, 2.45) is 7.05 Å². The molecule has 0 saturated heterocycles. The Morgan fingerprint density at radius 3 is 2.56 bits per heavy atom. The summed E-state index contributed by atoms with van der Waals surface area (Å²) in [4.78, 5) is 13.1. The van der Waals surface area contributed by atoms with E-state index >= 15 is 0 Å². The van der Waals surface area contributed by atoms with Gasteiger partial charge in [-0.3, -0.25) is 4.79 Å². The summed E-state index contributed by atoms with van der Waals surface area (Å²) in [5.74, 6) is 1.33. The van der Waals surface area contributed by atoms with E-state index in [-0.39, 0.29) is 5.91 Å². The van der Waals surface area contributed by atoms with Gasteiger partial charge < -0.3 is 24.1 Å². The highest BCUT2D eigenvalue weighted by Crippen LogP contribution is 2.27. The van der Waals surface area contributed by atoms with Gasteiger partial charge in [-0.15, -0.1) is 11.3 Å². The molecule has 1 amide bonds. The second kappa shape index (κ2) is 9.89. The number of hydrogen-bond donors (Lipinski definition) is 1. The lowest BCUT2D eigenvalue weighted by molar-refractivity contribution is 0.101. The van der Waals surface area contributed by atoms with E-state index in [1.54, 1.807) is 18.4 Å². The van der Waals surface area contributed by atoms with E-state index < -0.39 is 0 Å². The van der Waals surface area contributed by atoms with Crippen LogP contribution in [-0.2, 0) is 25.0 Å². The molecule has 0 aliphatic carbocycles. The summed E-state index contributed by atoms with van der Waals surface area (Å²) in [6.07, 6.45) is 0. The second-order valence-corrected chi connectivity index (χ2v) is 8.21. The maximum Gasteiger partial charge on any atom is 0.272 e. The molecule has 4 rings (SSSR count). The van der Waals surface area contributed by atoms with Crippen molar-refractivity contribution in [1.29, 1.82) is 0 Å². The molecule has 2 heterocycles. The second-order valence-electron chi connectivity index (χ2n) is 7.26. The van der Waals surface area contributed by atoms with Crippen LogP contribution < -0.4 is 14.8 Å². The number of anilines is 1. The Morgan fingerprint density at radius 1 is 1.06 bits per heavy atom. The zero-order valence-corrected chi connectivity index (χ0v) is 19.2. The van der Waals surface area contributed by atoms with Gasteiger partial charge in [0.05, 0.1) is 23.9 Å². The highest BCUT2D eigenvalue weighted by atomic mass is 32.1. The first-order valence-electron chi connectivity index (χ1n) is 10.4. The average Bonchev–Trinajstić information content (AvgIpc) is 3.40. The van der Waals surface area contributed by atoms with Gasteiger partial charge in [0.25, 0.3) is 5.91 Å². The van der Waals surface area contributed by atoms with Gasteiger partial charge in [0, 0.05) is 24.9 Å². The molecular weight excluding hydrogens is 424 g/mol. The van der Waals surface area contributed by atoms with E-state index in [1.165, 1.54) is 0 Å². The number of ether oxygens (including phenoxy) is 3. The maximum atomic E-state index is 13.1. The zero-order valence-electron chi connectivity index (χ0n) is 18.4. The molecule has 2 aromatic heterocycles. The molecule has 7 heteroatoms. The van der Waals surface area contributed by atoms with E-state index in [2.05, 4.69) is 5.32 Å². The normalized spacial score (nSPS) is 11.0. The molecule has 2 aromatic carbocycles. The topological polar surface area (TPSA) is 61.7 Å². The lowest BCUT2D eigenvalue weighted by atomic mass is 10.1. The van der Waals surface area contributed by atoms with Crippen molar-refractivity contribution in [3.8, 4) is 11.5 Å². The molecule has 0 fully saturated rings. The first-order valence-corrected chi connectivity index (χ1v) is 11.3. The van der Waals surface area contributed by atoms with Crippen LogP contribution in [0.4, 0.5) is 5.69 Å². The smallest absolute Gasteiger partial charge is 0.272 e. The highest BCUT2D eigenvalue weighted by Gasteiger charge is 2.17. The molecule has 4 aromatic rings. The van der Waals surface area contributed by atoms with Crippen molar-refractivity contribution in [3.63, 3.8) is 0 Å². The number of aryl methyl sites for hydroxylation is 1. The fraction of sp³-hybridized carbons (Fsp3) is 0.240. The van der Waals surface area contributed by atoms with Crippen LogP contribution in [-0.4, -0.2) is 24.2 Å². The van der Waals surface area contributed by atoms with Crippen LogP contribution in [0.1, 0.15) is 28.5 Å². The number of aromatic nitrogens is 1. The summed E-state index contributed by atoms with van der Waals surface area (Å²) in [6.45, 7) is 3.31. The van der Waals surface area contributed by atoms with Crippen LogP contribution in [0, 0.1) is 0 Å². The van der Waals surface area contributed by atoms with Crippen LogP contribution >= 0.6 is 11.3 Å². The van der Waals surface area contributed by atoms with Crippen LogP contribution in [0.5, 0.6) is 11.5 Å². The lowest BCUT2D eigenvalue weighted by Crippen LogP contribution is -2.18. The summed E-state index contributed by atoms with van der Waals surface area (Å²) in [6, 6.07) is 17.2. The Balaban J connectivity index is 1.59. The van der Waals surface area contributed by atoms with Crippen molar-refractivity contribution >= 4 is 33.1 Å². The molecule has 1 N–H and O–H groups in total. The predicted octanol–water partition coefficient (Wildman–Crippen LogP) is 5.62. The molecule has 0 radical (unpaired) electrons. The Bertz CT molecular complexity index is 1210. The van der Waals surface area contributed by atoms with Gasteiger partial charge in [-0.1, -0.05) is 12.1 Å². The third-order valence-corrected chi connectivity index (χ3v) is 6.18. The maximum absolute atomic E-state index is 13.1. The summed E-state index contributed by atoms with van der Waals surface area (Å²) in [5, 5.41) is 5.11. The number of carbonyl (C=O) groups excluding carboxylic acids is 1. The number of nitrogens with zero attached hydrogens (tertiary/aromatic N) is 1. The Morgan fingerprint density at radius 2 is 1.84 bits per heavy atom. The zero-order chi connectivity index (χ0) is 22.5. The van der Waals surface area contributed by atoms with Gasteiger partial charge in [0.1, 0.15) is 23.8 Å². The Labute approximate surface area is 191 Å². The SMILES string of the molecule is CCOCc1cccc(NC(=O)c2cc3sccc3n2C)c1COc1ccc(OC)cc1. The molecule has 0 unspecified atom stereocenters. The number of rotatable bonds is 9. The molecule has 0 bridgehead atoms. The van der Waals surface area contributed by atoms with Gasteiger partial charge in [-0.25, -0.2) is 0 Å². The molecule has 166 valence electrons. The molecular formula is C25H26N2O4S. The Kier molecular flexibility index (Phi) is 6.78. The van der Waals surface area contributed by atoms with Crippen LogP contribution in [0.25, 0.3) is 10.2 Å². The average molecular weight is 451 g/mol. The van der Waals surface area contributed by atoms with Gasteiger partial charge in [0.15, 0.2) is 0 Å². The largest absolute Gasteiger partial charge is 0.497 e. The van der Waals surface area contributed by atoms with E-state index in [1.807, 2.05) is 78.5 Å². The first-order chi connectivity index (χ1) is 15.6. The predicted molar refractivity (Wildman–Crippen MR) is 128 cm³/mol. The number of nitrogens with one attached hydrogen (secondary N) is 1. The van der Waals surface area contributed by atoms with Crippen molar-refractivity contribution in [2.75, 3.05) is 19.0 Å². The molecule has 0 saturated carbocycles. The molecule has 6 nitrogen and oxygen atoms in total. The van der Waals surface area contributed by atoms with E-state index in [0.717, 1.165) is 32.8 Å². The number of carbonyl (C=O) groups is 1. The number of methoxy groups -OCH3 is 1. The molecule has 0 spiro atoms. The van der Waals surface area contributed by atoms with E-state index in [4.69, 9.17) is 14.2 Å². The highest BCUT2D eigenvalue weighted by molar-refractivity contribution is 7.17. The number of amides is 1. The fourth-order valence-electron chi connectivity index (χ4n) is 3.55. The fourth-order valence-corrected chi connectivity index (χ4v) is 4.40. The van der Waals surface area contributed by atoms with Crippen LogP contribution in [0.2, 0.25) is 0 Å². The van der Waals surface area contributed by atoms with Gasteiger partial charge in [-0.2, -0.15) is 0 Å². The van der Waals surface area contributed by atoms with Crippen molar-refractivity contribution in [1.82, 2.24) is 4.57 Å². The van der Waals surface area contributed by atoms with Gasteiger partial charge in [-0.05, 0) is 60.3 Å². The molecule has 0 aliphatic rings. The summed E-state index contributed by atoms with van der Waals surface area (Å²) in [7, 11) is 3.54. The van der Waals surface area contributed by atoms with Crippen molar-refractivity contribution in [3.05, 3.63) is 76.8 Å². The van der Waals surface area contributed by atoms with Gasteiger partial charge >= 0.3 is 0 Å². The minimum atomic E-state index is -0.157. The molecule has 32 heavy (non-hydrogen) atoms. The third kappa shape index (κ3) is 4.64. The van der Waals surface area contributed by atoms with Crippen LogP contribution in [0.3, 0.4) is 0 Å². The first kappa shape index (κ1) is 21.9. The van der Waals surface area contributed by atoms with Gasteiger partial charge in [0.2, 0.25) is 0 Å². The minimum Gasteiger partial charge on any atom is -0.497 e. The summed E-state index contributed by atoms with van der Waals surface area (Å²) < 4.78 is 19.9. The number of thiophene rings is 1. The van der Waals surface area contributed by atoms with Crippen molar-refractivity contribution in [2.45, 2.75) is 20.1 Å². The molecule has 0 aliphatic heterocycles. The van der Waals surface area contributed by atoms with Crippen LogP contribution in [0.15, 0.2) is 60.0 Å². The van der Waals surface area contributed by atoms with E-state index in [0.29, 0.717) is 31.2 Å². The lowest BCUT2D eigenvalue weighted by Gasteiger charge is -2.17. The standard InChI is InChI=1S/C25H26N2O4S/c1-4-30-15-17-6-5-7-21(20(17)16-31-19-10-8-18(29-3)9-11-19)26-25(28)23-14-24-22(27(23)2)12-13-32-24/h5-14H,4,15-16H2,1-3H3,(H,26,28). The number of hydrogen-bond acceptors (Lipinski definition) is 5. The third-order valence-electron chi connectivity index (χ3n) is 5.32. The summed E-state index contributed by atoms with van der Waals surface area (Å²) in [5.41, 5.74) is 4.25.